The summed E-state index contributed by atoms with van der Waals surface area (Å²) in [6, 6.07) is 23.5. The molecular weight excluding hydrogens is 384 g/mol. The largest absolute Gasteiger partial charge is 0.464 e. The number of fused-ring (bicyclic) bond motifs is 5. The number of hydrogen-bond acceptors (Lipinski definition) is 2. The Balaban J connectivity index is 1.67. The SMILES string of the molecule is c1cc2c3c(c1)-c1cccc[n+]1C31c3c(ccc4c5occc5c5ccc[n+]1c5c34)O2. The van der Waals surface area contributed by atoms with Crippen molar-refractivity contribution in [2.75, 3.05) is 0 Å². The number of ether oxygens (including phenoxy) is 1. The van der Waals surface area contributed by atoms with E-state index in [2.05, 4.69) is 88.3 Å². The minimum absolute atomic E-state index is 0.504. The summed E-state index contributed by atoms with van der Waals surface area (Å²) in [6.45, 7) is 0. The van der Waals surface area contributed by atoms with Crippen LogP contribution in [0.15, 0.2) is 89.8 Å². The minimum atomic E-state index is -0.504. The number of hydrogen-bond donors (Lipinski definition) is 0. The Hall–Kier alpha value is -4.18. The van der Waals surface area contributed by atoms with Gasteiger partial charge in [0, 0.05) is 29.0 Å². The zero-order valence-electron chi connectivity index (χ0n) is 16.3. The van der Waals surface area contributed by atoms with Crippen molar-refractivity contribution in [3.63, 3.8) is 0 Å². The van der Waals surface area contributed by atoms with Crippen molar-refractivity contribution in [1.29, 1.82) is 0 Å². The lowest BCUT2D eigenvalue weighted by atomic mass is 9.86. The predicted molar refractivity (Wildman–Crippen MR) is 115 cm³/mol. The fourth-order valence-electron chi connectivity index (χ4n) is 6.41. The van der Waals surface area contributed by atoms with Crippen molar-refractivity contribution in [1.82, 2.24) is 0 Å². The molecular formula is C27H14N2O2+2. The molecule has 4 heteroatoms. The van der Waals surface area contributed by atoms with Crippen molar-refractivity contribution < 1.29 is 18.3 Å². The molecule has 0 radical (unpaired) electrons. The Kier molecular flexibility index (Phi) is 2.11. The van der Waals surface area contributed by atoms with Crippen LogP contribution in [0.25, 0.3) is 43.9 Å². The lowest BCUT2D eigenvalue weighted by Gasteiger charge is -2.25. The first kappa shape index (κ1) is 14.7. The van der Waals surface area contributed by atoms with E-state index in [-0.39, 0.29) is 0 Å². The molecule has 0 amide bonds. The van der Waals surface area contributed by atoms with Crippen LogP contribution in [0.3, 0.4) is 0 Å². The van der Waals surface area contributed by atoms with E-state index >= 15 is 0 Å². The third kappa shape index (κ3) is 1.31. The Morgan fingerprint density at radius 1 is 0.677 bits per heavy atom. The second-order valence-corrected chi connectivity index (χ2v) is 8.57. The van der Waals surface area contributed by atoms with Gasteiger partial charge in [0.1, 0.15) is 17.1 Å². The van der Waals surface area contributed by atoms with E-state index in [0.717, 1.165) is 27.9 Å². The van der Waals surface area contributed by atoms with E-state index in [0.29, 0.717) is 0 Å². The molecule has 1 spiro atoms. The second kappa shape index (κ2) is 4.44. The summed E-state index contributed by atoms with van der Waals surface area (Å²) < 4.78 is 17.4. The van der Waals surface area contributed by atoms with Gasteiger partial charge >= 0.3 is 5.66 Å². The highest BCUT2D eigenvalue weighted by atomic mass is 16.5. The summed E-state index contributed by atoms with van der Waals surface area (Å²) >= 11 is 0. The minimum Gasteiger partial charge on any atom is -0.464 e. The molecule has 4 nitrogen and oxygen atoms in total. The maximum Gasteiger partial charge on any atom is 0.425 e. The average Bonchev–Trinajstić information content (AvgIpc) is 3.50. The van der Waals surface area contributed by atoms with Gasteiger partial charge in [-0.05, 0) is 42.5 Å². The van der Waals surface area contributed by atoms with Gasteiger partial charge in [0.2, 0.25) is 11.2 Å². The van der Waals surface area contributed by atoms with Gasteiger partial charge in [-0.1, -0.05) is 6.07 Å². The number of nitrogens with zero attached hydrogens (tertiary/aromatic N) is 2. The van der Waals surface area contributed by atoms with Crippen molar-refractivity contribution >= 4 is 32.6 Å². The van der Waals surface area contributed by atoms with E-state index in [1.165, 1.54) is 38.7 Å². The Morgan fingerprint density at radius 3 is 2.61 bits per heavy atom. The van der Waals surface area contributed by atoms with Gasteiger partial charge in [0.15, 0.2) is 23.5 Å². The van der Waals surface area contributed by atoms with Crippen LogP contribution in [-0.4, -0.2) is 0 Å². The molecule has 3 aromatic carbocycles. The highest BCUT2D eigenvalue weighted by Gasteiger charge is 2.70. The Morgan fingerprint density at radius 2 is 1.61 bits per heavy atom. The lowest BCUT2D eigenvalue weighted by molar-refractivity contribution is -0.950. The maximum atomic E-state index is 6.55. The Labute approximate surface area is 176 Å². The topological polar surface area (TPSA) is 30.1 Å². The van der Waals surface area contributed by atoms with Crippen molar-refractivity contribution in [3.05, 3.63) is 96.5 Å². The fraction of sp³-hybridized carbons (Fsp3) is 0.0370. The molecule has 3 aromatic heterocycles. The molecule has 0 N–H and O–H groups in total. The summed E-state index contributed by atoms with van der Waals surface area (Å²) in [5.41, 5.74) is 6.52. The summed E-state index contributed by atoms with van der Waals surface area (Å²) in [6.07, 6.45) is 6.22. The molecule has 1 unspecified atom stereocenters. The summed E-state index contributed by atoms with van der Waals surface area (Å²) in [4.78, 5) is 0. The molecule has 142 valence electrons. The normalized spacial score (nSPS) is 18.7. The number of benzene rings is 3. The van der Waals surface area contributed by atoms with E-state index in [9.17, 15) is 0 Å². The van der Waals surface area contributed by atoms with E-state index in [4.69, 9.17) is 9.15 Å². The van der Waals surface area contributed by atoms with Crippen molar-refractivity contribution in [2.24, 2.45) is 0 Å². The molecule has 0 saturated heterocycles. The molecule has 0 aliphatic carbocycles. The van der Waals surface area contributed by atoms with Crippen molar-refractivity contribution in [2.45, 2.75) is 5.66 Å². The van der Waals surface area contributed by atoms with E-state index in [1.807, 2.05) is 0 Å². The fourth-order valence-corrected chi connectivity index (χ4v) is 6.41. The van der Waals surface area contributed by atoms with Gasteiger partial charge in [0.25, 0.3) is 0 Å². The lowest BCUT2D eigenvalue weighted by Crippen LogP contribution is -2.71. The average molecular weight is 398 g/mol. The molecule has 0 fully saturated rings. The Bertz CT molecular complexity index is 1830. The highest BCUT2D eigenvalue weighted by molar-refractivity contribution is 6.23. The van der Waals surface area contributed by atoms with Gasteiger partial charge in [-0.3, -0.25) is 0 Å². The monoisotopic (exact) mass is 398 g/mol. The first-order valence-electron chi connectivity index (χ1n) is 10.5. The first-order valence-corrected chi connectivity index (χ1v) is 10.5. The van der Waals surface area contributed by atoms with Crippen LogP contribution in [0.2, 0.25) is 0 Å². The van der Waals surface area contributed by atoms with Gasteiger partial charge < -0.3 is 9.15 Å². The second-order valence-electron chi connectivity index (χ2n) is 8.57. The van der Waals surface area contributed by atoms with Gasteiger partial charge in [-0.2, -0.15) is 0 Å². The van der Waals surface area contributed by atoms with E-state index < -0.39 is 5.66 Å². The number of furan rings is 1. The third-order valence-corrected chi connectivity index (χ3v) is 7.37. The predicted octanol–water partition coefficient (Wildman–Crippen LogP) is 5.01. The first-order chi connectivity index (χ1) is 15.4. The quantitative estimate of drug-likeness (QED) is 0.265. The van der Waals surface area contributed by atoms with Crippen LogP contribution >= 0.6 is 0 Å². The molecule has 6 heterocycles. The van der Waals surface area contributed by atoms with Crippen LogP contribution in [0.5, 0.6) is 11.5 Å². The molecule has 3 aliphatic rings. The summed E-state index contributed by atoms with van der Waals surface area (Å²) in [7, 11) is 0. The third-order valence-electron chi connectivity index (χ3n) is 7.37. The highest BCUT2D eigenvalue weighted by Crippen LogP contribution is 2.57. The van der Waals surface area contributed by atoms with Crippen molar-refractivity contribution in [3.8, 4) is 22.8 Å². The van der Waals surface area contributed by atoms with Gasteiger partial charge in [0.05, 0.1) is 22.6 Å². The number of pyridine rings is 2. The van der Waals surface area contributed by atoms with Crippen LogP contribution in [-0.2, 0) is 5.66 Å². The molecule has 0 bridgehead atoms. The van der Waals surface area contributed by atoms with Crippen LogP contribution in [0.1, 0.15) is 11.1 Å². The maximum absolute atomic E-state index is 6.55. The standard InChI is InChI=1S/C27H14N2O2/c1-2-12-28-19(7-1)17-5-3-8-20-23(17)27(28)24-21(31-20)10-9-18-22(24)25-15(6-4-13-29(25)27)16-11-14-30-26(16)18/h1-14H/q+2. The zero-order chi connectivity index (χ0) is 19.9. The van der Waals surface area contributed by atoms with Crippen LogP contribution < -0.4 is 13.9 Å². The summed E-state index contributed by atoms with van der Waals surface area (Å²) in [5.74, 6) is 1.84. The number of aromatic nitrogens is 2. The van der Waals surface area contributed by atoms with Crippen LogP contribution in [0, 0.1) is 0 Å². The molecule has 6 aromatic rings. The molecule has 3 aliphatic heterocycles. The van der Waals surface area contributed by atoms with E-state index in [1.54, 1.807) is 6.26 Å². The smallest absolute Gasteiger partial charge is 0.425 e. The molecule has 1 atom stereocenters. The van der Waals surface area contributed by atoms with Crippen LogP contribution in [0.4, 0.5) is 0 Å². The molecule has 9 rings (SSSR count). The number of rotatable bonds is 0. The zero-order valence-corrected chi connectivity index (χ0v) is 16.3. The van der Waals surface area contributed by atoms with Gasteiger partial charge in [-0.25, -0.2) is 0 Å². The van der Waals surface area contributed by atoms with Gasteiger partial charge in [-0.15, -0.1) is 9.13 Å². The molecule has 0 saturated carbocycles. The molecule has 31 heavy (non-hydrogen) atoms. The summed E-state index contributed by atoms with van der Waals surface area (Å²) in [5, 5.41) is 4.72.